The molecule has 16 nitrogen and oxygen atoms in total. The molecule has 0 amide bonds. The molecule has 0 saturated carbocycles. The van der Waals surface area contributed by atoms with Gasteiger partial charge in [0.15, 0.2) is 22.3 Å². The lowest BCUT2D eigenvalue weighted by atomic mass is 10.1. The van der Waals surface area contributed by atoms with Crippen molar-refractivity contribution in [1.82, 2.24) is 19.9 Å². The zero-order valence-electron chi connectivity index (χ0n) is 62.3. The highest BCUT2D eigenvalue weighted by Gasteiger charge is 2.40. The van der Waals surface area contributed by atoms with Crippen LogP contribution in [0.5, 0.6) is 0 Å². The van der Waals surface area contributed by atoms with Gasteiger partial charge in [0, 0.05) is 105 Å². The van der Waals surface area contributed by atoms with Crippen LogP contribution < -0.4 is 39.2 Å². The molecule has 8 aromatic heterocycles. The summed E-state index contributed by atoms with van der Waals surface area (Å²) in [6.45, 7) is 22.0. The van der Waals surface area contributed by atoms with Gasteiger partial charge in [-0.05, 0) is 201 Å². The molecule has 4 aliphatic rings. The molecule has 4 unspecified atom stereocenters. The third kappa shape index (κ3) is 10.9. The maximum atomic E-state index is 6.31. The molecular formula is C92H82N12O4. The number of rotatable bonds is 7. The molecule has 0 saturated heterocycles. The molecule has 12 heterocycles. The molecule has 534 valence electrons. The van der Waals surface area contributed by atoms with Gasteiger partial charge in [-0.15, -0.1) is 0 Å². The fourth-order valence-electron chi connectivity index (χ4n) is 16.9. The number of fused-ring (bicyclic) bond motifs is 15. The highest BCUT2D eigenvalue weighted by Crippen LogP contribution is 2.54. The van der Waals surface area contributed by atoms with Crippen molar-refractivity contribution in [1.29, 1.82) is 0 Å². The zero-order valence-corrected chi connectivity index (χ0v) is 62.3. The van der Waals surface area contributed by atoms with Crippen molar-refractivity contribution in [2.75, 3.05) is 46.2 Å². The maximum absolute atomic E-state index is 6.31. The number of nitrogens with zero attached hydrogens (tertiary/aromatic N) is 12. The standard InChI is InChI=1S/C26H21N3O.C23H23N3O.C22H19N3O.C21H19N3O/c1-17-14-15-20-21-11-8-16-27-26(21)30-25(20)24(17)29-18(2)28(19-9-4-3-5-10-19)22-12-6-7-13-23(22)29;1-14(2)25-16(4)26(20-10-6-5-9-19(20)25)21-15(3)11-12-17-18-8-7-13-24-23(18)27-22(17)21;1-15-10-11-18-19-9-6-12-23-22(19)26-21(18)20(15)25-14-13-24(16(25)2)17-7-4-3-5-8-17;1-13-10-11-15-16-7-6-12-22-21(16)25-20(15)19(13)24-14(2)23(3)17-8-4-5-9-18(17)24/h3-16,18H,1-2H3;5-14,16H,1-4H3;3-14,16H,1-2H3;4-12,14H,1-3H3. The van der Waals surface area contributed by atoms with E-state index in [1.807, 2.05) is 30.3 Å². The average Bonchev–Trinajstić information content (AvgIpc) is 1.58. The Morgan fingerprint density at radius 3 is 1.04 bits per heavy atom. The second-order valence-electron chi connectivity index (χ2n) is 28.6. The van der Waals surface area contributed by atoms with E-state index in [0.29, 0.717) is 28.9 Å². The van der Waals surface area contributed by atoms with Crippen LogP contribution in [0.1, 0.15) is 63.8 Å². The third-order valence-corrected chi connectivity index (χ3v) is 22.0. The normalized spacial score (nSPS) is 16.6. The maximum Gasteiger partial charge on any atom is 0.227 e. The van der Waals surface area contributed by atoms with Gasteiger partial charge in [0.25, 0.3) is 0 Å². The summed E-state index contributed by atoms with van der Waals surface area (Å²) in [5, 5.41) is 8.67. The number of benzene rings is 9. The van der Waals surface area contributed by atoms with Gasteiger partial charge in [-0.2, -0.15) is 0 Å². The molecule has 16 heteroatoms. The van der Waals surface area contributed by atoms with Crippen molar-refractivity contribution in [3.05, 3.63) is 290 Å². The van der Waals surface area contributed by atoms with Crippen molar-refractivity contribution in [2.45, 2.75) is 99.9 Å². The van der Waals surface area contributed by atoms with Gasteiger partial charge in [-0.25, -0.2) is 19.9 Å². The molecule has 4 aliphatic heterocycles. The summed E-state index contributed by atoms with van der Waals surface area (Å²) in [7, 11) is 2.14. The lowest BCUT2D eigenvalue weighted by Crippen LogP contribution is -2.42. The van der Waals surface area contributed by atoms with Gasteiger partial charge >= 0.3 is 0 Å². The minimum absolute atomic E-state index is 0.0928. The van der Waals surface area contributed by atoms with Gasteiger partial charge in [0.2, 0.25) is 22.9 Å². The number of aromatic nitrogens is 4. The lowest BCUT2D eigenvalue weighted by molar-refractivity contribution is 0.602. The van der Waals surface area contributed by atoms with Crippen molar-refractivity contribution in [3.8, 4) is 0 Å². The Morgan fingerprint density at radius 1 is 0.287 bits per heavy atom. The van der Waals surface area contributed by atoms with E-state index in [1.54, 1.807) is 24.8 Å². The molecular weight excluding hydrogens is 1340 g/mol. The summed E-state index contributed by atoms with van der Waals surface area (Å²) in [6, 6.07) is 80.5. The van der Waals surface area contributed by atoms with Crippen LogP contribution in [-0.2, 0) is 0 Å². The summed E-state index contributed by atoms with van der Waals surface area (Å²) in [6.07, 6.45) is 12.0. The van der Waals surface area contributed by atoms with E-state index in [4.69, 9.17) is 17.7 Å². The largest absolute Gasteiger partial charge is 0.435 e. The fourth-order valence-corrected chi connectivity index (χ4v) is 16.9. The Kier molecular flexibility index (Phi) is 16.6. The van der Waals surface area contributed by atoms with Crippen molar-refractivity contribution < 1.29 is 17.7 Å². The van der Waals surface area contributed by atoms with Crippen molar-refractivity contribution in [2.24, 2.45) is 0 Å². The Balaban J connectivity index is 0.000000102. The Morgan fingerprint density at radius 2 is 0.611 bits per heavy atom. The highest BCUT2D eigenvalue weighted by molar-refractivity contribution is 6.13. The fraction of sp³-hybridized carbons (Fsp3) is 0.174. The van der Waals surface area contributed by atoms with E-state index in [-0.39, 0.29) is 24.7 Å². The molecule has 21 rings (SSSR count). The number of anilines is 12. The summed E-state index contributed by atoms with van der Waals surface area (Å²) in [4.78, 5) is 36.5. The van der Waals surface area contributed by atoms with E-state index in [9.17, 15) is 0 Å². The van der Waals surface area contributed by atoms with Crippen LogP contribution in [0.4, 0.5) is 68.2 Å². The Hall–Kier alpha value is -13.1. The lowest BCUT2D eigenvalue weighted by Gasteiger charge is -2.33. The van der Waals surface area contributed by atoms with Gasteiger partial charge in [-0.1, -0.05) is 121 Å². The van der Waals surface area contributed by atoms with E-state index in [2.05, 4.69) is 348 Å². The second kappa shape index (κ2) is 26.8. The third-order valence-electron chi connectivity index (χ3n) is 22.0. The topological polar surface area (TPSA) is 130 Å². The van der Waals surface area contributed by atoms with Crippen LogP contribution in [-0.4, -0.2) is 57.7 Å². The van der Waals surface area contributed by atoms with Gasteiger partial charge < -0.3 is 56.9 Å². The first-order chi connectivity index (χ1) is 52.7. The molecule has 0 spiro atoms. The summed E-state index contributed by atoms with van der Waals surface area (Å²) in [5.74, 6) is 0. The SMILES string of the molecule is Cc1ccc2c(oc3ncccc32)c1N1C=CN(c2ccccc2)C1C.Cc1ccc2c(oc3ncccc32)c1N1c2ccccc2N(C(C)C)C1C.Cc1ccc2c(oc3ncccc32)c1N1c2ccccc2N(C)C1C.Cc1ccc2c(oc3ncccc32)c1N1c2ccccc2N(c2ccccc2)C1C. The Labute approximate surface area is 626 Å². The quantitative estimate of drug-likeness (QED) is 0.150. The first kappa shape index (κ1) is 66.8. The predicted molar refractivity (Wildman–Crippen MR) is 444 cm³/mol. The molecule has 17 aromatic rings. The van der Waals surface area contributed by atoms with Gasteiger partial charge in [-0.3, -0.25) is 0 Å². The smallest absolute Gasteiger partial charge is 0.227 e. The van der Waals surface area contributed by atoms with Crippen molar-refractivity contribution in [3.63, 3.8) is 0 Å². The average molecular weight is 1420 g/mol. The van der Waals surface area contributed by atoms with Crippen LogP contribution in [0.2, 0.25) is 0 Å². The number of aryl methyl sites for hydroxylation is 4. The molecule has 0 aliphatic carbocycles. The predicted octanol–water partition coefficient (Wildman–Crippen LogP) is 23.6. The number of furan rings is 4. The van der Waals surface area contributed by atoms with E-state index in [0.717, 1.165) is 88.2 Å². The summed E-state index contributed by atoms with van der Waals surface area (Å²) >= 11 is 0. The number of pyridine rings is 4. The van der Waals surface area contributed by atoms with Crippen molar-refractivity contribution >= 4 is 157 Å². The van der Waals surface area contributed by atoms with E-state index in [1.165, 1.54) is 67.8 Å². The minimum atomic E-state index is 0.0928. The Bertz CT molecular complexity index is 6320. The van der Waals surface area contributed by atoms with Crippen LogP contribution in [0.3, 0.4) is 0 Å². The molecule has 0 N–H and O–H groups in total. The highest BCUT2D eigenvalue weighted by atomic mass is 16.4. The number of hydrogen-bond donors (Lipinski definition) is 0. The van der Waals surface area contributed by atoms with Crippen LogP contribution in [0, 0.1) is 27.7 Å². The minimum Gasteiger partial charge on any atom is -0.435 e. The number of hydrogen-bond acceptors (Lipinski definition) is 16. The molecule has 9 aromatic carbocycles. The molecule has 0 bridgehead atoms. The summed E-state index contributed by atoms with van der Waals surface area (Å²) in [5.41, 5.74) is 25.2. The summed E-state index contributed by atoms with van der Waals surface area (Å²) < 4.78 is 24.9. The monoisotopic (exact) mass is 1420 g/mol. The molecule has 108 heavy (non-hydrogen) atoms. The molecule has 0 fully saturated rings. The number of para-hydroxylation sites is 8. The second-order valence-corrected chi connectivity index (χ2v) is 28.6. The molecule has 0 radical (unpaired) electrons. The first-order valence-corrected chi connectivity index (χ1v) is 37.1. The van der Waals surface area contributed by atoms with E-state index < -0.39 is 0 Å². The van der Waals surface area contributed by atoms with Gasteiger partial charge in [0.1, 0.15) is 24.7 Å². The van der Waals surface area contributed by atoms with Crippen LogP contribution in [0.15, 0.2) is 285 Å². The van der Waals surface area contributed by atoms with E-state index >= 15 is 0 Å². The van der Waals surface area contributed by atoms with Crippen LogP contribution in [0.25, 0.3) is 88.3 Å². The zero-order chi connectivity index (χ0) is 73.8. The van der Waals surface area contributed by atoms with Gasteiger partial charge in [0.05, 0.1) is 56.9 Å². The van der Waals surface area contributed by atoms with Crippen LogP contribution >= 0.6 is 0 Å². The first-order valence-electron chi connectivity index (χ1n) is 37.1. The molecule has 4 atom stereocenters.